The first-order valence-corrected chi connectivity index (χ1v) is 10.8. The van der Waals surface area contributed by atoms with Crippen molar-refractivity contribution in [2.24, 2.45) is 11.8 Å². The van der Waals surface area contributed by atoms with E-state index in [1.165, 1.54) is 25.6 Å². The Morgan fingerprint density at radius 2 is 1.83 bits per heavy atom. The number of amides is 1. The maximum atomic E-state index is 12.7. The van der Waals surface area contributed by atoms with Crippen LogP contribution < -0.4 is 15.0 Å². The molecular weight excluding hydrogens is 364 g/mol. The monoisotopic (exact) mass is 394 g/mol. The zero-order valence-corrected chi connectivity index (χ0v) is 17.1. The van der Waals surface area contributed by atoms with Gasteiger partial charge in [-0.2, -0.15) is 0 Å². The zero-order valence-electron chi connectivity index (χ0n) is 17.1. The molecule has 1 aromatic carbocycles. The number of anilines is 1. The lowest BCUT2D eigenvalue weighted by Gasteiger charge is -2.35. The molecule has 6 nitrogen and oxygen atoms in total. The van der Waals surface area contributed by atoms with Crippen molar-refractivity contribution in [1.82, 2.24) is 15.3 Å². The first kappa shape index (κ1) is 19.7. The van der Waals surface area contributed by atoms with Gasteiger partial charge in [0.2, 0.25) is 11.8 Å². The van der Waals surface area contributed by atoms with Gasteiger partial charge in [-0.15, -0.1) is 0 Å². The van der Waals surface area contributed by atoms with E-state index in [1.54, 1.807) is 0 Å². The van der Waals surface area contributed by atoms with Crippen molar-refractivity contribution in [1.29, 1.82) is 0 Å². The Kier molecular flexibility index (Phi) is 6.27. The highest BCUT2D eigenvalue weighted by Crippen LogP contribution is 2.27. The SMILES string of the molecule is C[C@@H]1CCCC[C@H]1NC(=O)C1CCN(c2cc(Oc3ccccc3)ncn2)CC1. The second-order valence-electron chi connectivity index (χ2n) is 8.27. The third kappa shape index (κ3) is 5.05. The van der Waals surface area contributed by atoms with Gasteiger partial charge in [0.25, 0.3) is 0 Å². The summed E-state index contributed by atoms with van der Waals surface area (Å²) in [7, 11) is 0. The molecule has 2 fully saturated rings. The molecule has 2 heterocycles. The summed E-state index contributed by atoms with van der Waals surface area (Å²) >= 11 is 0. The van der Waals surface area contributed by atoms with Crippen LogP contribution >= 0.6 is 0 Å². The van der Waals surface area contributed by atoms with Gasteiger partial charge < -0.3 is 15.0 Å². The predicted molar refractivity (Wildman–Crippen MR) is 113 cm³/mol. The summed E-state index contributed by atoms with van der Waals surface area (Å²) in [5, 5.41) is 3.33. The van der Waals surface area contributed by atoms with E-state index in [4.69, 9.17) is 4.74 Å². The third-order valence-electron chi connectivity index (χ3n) is 6.22. The van der Waals surface area contributed by atoms with Crippen molar-refractivity contribution in [2.45, 2.75) is 51.5 Å². The first-order valence-electron chi connectivity index (χ1n) is 10.8. The quantitative estimate of drug-likeness (QED) is 0.824. The standard InChI is InChI=1S/C23H30N4O2/c1-17-7-5-6-10-20(17)26-23(28)18-11-13-27(14-12-18)21-15-22(25-16-24-21)29-19-8-3-2-4-9-19/h2-4,8-9,15-18,20H,5-7,10-14H2,1H3,(H,26,28)/t17-,20-/m1/s1. The molecule has 0 bridgehead atoms. The molecule has 2 atom stereocenters. The number of benzene rings is 1. The average molecular weight is 395 g/mol. The van der Waals surface area contributed by atoms with Crippen molar-refractivity contribution in [3.05, 3.63) is 42.7 Å². The Morgan fingerprint density at radius 3 is 2.59 bits per heavy atom. The molecule has 0 unspecified atom stereocenters. The number of nitrogens with one attached hydrogen (secondary N) is 1. The molecule has 1 aromatic heterocycles. The van der Waals surface area contributed by atoms with Gasteiger partial charge >= 0.3 is 0 Å². The van der Waals surface area contributed by atoms with Gasteiger partial charge in [0, 0.05) is 31.1 Å². The number of aromatic nitrogens is 2. The topological polar surface area (TPSA) is 67.4 Å². The normalized spacial score (nSPS) is 22.9. The number of rotatable bonds is 5. The number of piperidine rings is 1. The second-order valence-corrected chi connectivity index (χ2v) is 8.27. The van der Waals surface area contributed by atoms with Crippen LogP contribution in [0.25, 0.3) is 0 Å². The molecule has 1 saturated carbocycles. The highest BCUT2D eigenvalue weighted by Gasteiger charge is 2.29. The second kappa shape index (κ2) is 9.25. The number of ether oxygens (including phenoxy) is 1. The summed E-state index contributed by atoms with van der Waals surface area (Å²) in [6.07, 6.45) is 8.12. The lowest BCUT2D eigenvalue weighted by Crippen LogP contribution is -2.46. The number of nitrogens with zero attached hydrogens (tertiary/aromatic N) is 3. The first-order chi connectivity index (χ1) is 14.2. The van der Waals surface area contributed by atoms with Gasteiger partial charge in [-0.05, 0) is 43.7 Å². The molecule has 1 aliphatic heterocycles. The van der Waals surface area contributed by atoms with Crippen molar-refractivity contribution in [3.8, 4) is 11.6 Å². The van der Waals surface area contributed by atoms with Crippen LogP contribution in [0.15, 0.2) is 42.7 Å². The molecule has 0 spiro atoms. The van der Waals surface area contributed by atoms with Crippen LogP contribution in [-0.4, -0.2) is 35.0 Å². The smallest absolute Gasteiger partial charge is 0.224 e. The maximum Gasteiger partial charge on any atom is 0.224 e. The molecule has 2 aromatic rings. The van der Waals surface area contributed by atoms with E-state index in [1.807, 2.05) is 36.4 Å². The van der Waals surface area contributed by atoms with Gasteiger partial charge in [0.05, 0.1) is 0 Å². The van der Waals surface area contributed by atoms with Gasteiger partial charge in [0.1, 0.15) is 17.9 Å². The van der Waals surface area contributed by atoms with Gasteiger partial charge in [-0.3, -0.25) is 4.79 Å². The fraction of sp³-hybridized carbons (Fsp3) is 0.522. The van der Waals surface area contributed by atoms with Crippen LogP contribution in [0.3, 0.4) is 0 Å². The van der Waals surface area contributed by atoms with Crippen molar-refractivity contribution in [3.63, 3.8) is 0 Å². The number of carbonyl (C=O) groups is 1. The Hall–Kier alpha value is -2.63. The minimum Gasteiger partial charge on any atom is -0.439 e. The Balaban J connectivity index is 1.31. The number of hydrogen-bond donors (Lipinski definition) is 1. The van der Waals surface area contributed by atoms with Crippen LogP contribution in [0.4, 0.5) is 5.82 Å². The van der Waals surface area contributed by atoms with Crippen LogP contribution in [0, 0.1) is 11.8 Å². The molecular formula is C23H30N4O2. The van der Waals surface area contributed by atoms with E-state index < -0.39 is 0 Å². The minimum absolute atomic E-state index is 0.0993. The summed E-state index contributed by atoms with van der Waals surface area (Å²) < 4.78 is 5.82. The summed E-state index contributed by atoms with van der Waals surface area (Å²) in [4.78, 5) is 23.6. The van der Waals surface area contributed by atoms with Crippen LogP contribution in [-0.2, 0) is 4.79 Å². The predicted octanol–water partition coefficient (Wildman–Crippen LogP) is 4.18. The average Bonchev–Trinajstić information content (AvgIpc) is 2.76. The van der Waals surface area contributed by atoms with Crippen molar-refractivity contribution in [2.75, 3.05) is 18.0 Å². The van der Waals surface area contributed by atoms with E-state index in [9.17, 15) is 4.79 Å². The molecule has 154 valence electrons. The van der Waals surface area contributed by atoms with Crippen LogP contribution in [0.5, 0.6) is 11.6 Å². The molecule has 1 N–H and O–H groups in total. The van der Waals surface area contributed by atoms with Crippen LogP contribution in [0.1, 0.15) is 45.4 Å². The number of para-hydroxylation sites is 1. The van der Waals surface area contributed by atoms with E-state index >= 15 is 0 Å². The Morgan fingerprint density at radius 1 is 1.07 bits per heavy atom. The fourth-order valence-electron chi connectivity index (χ4n) is 4.37. The number of hydrogen-bond acceptors (Lipinski definition) is 5. The summed E-state index contributed by atoms with van der Waals surface area (Å²) in [6, 6.07) is 11.8. The minimum atomic E-state index is 0.0993. The van der Waals surface area contributed by atoms with Crippen molar-refractivity contribution < 1.29 is 9.53 Å². The largest absolute Gasteiger partial charge is 0.439 e. The molecule has 1 amide bonds. The molecule has 4 rings (SSSR count). The fourth-order valence-corrected chi connectivity index (χ4v) is 4.37. The molecule has 1 aliphatic carbocycles. The highest BCUT2D eigenvalue weighted by molar-refractivity contribution is 5.79. The Bertz CT molecular complexity index is 806. The summed E-state index contributed by atoms with van der Waals surface area (Å²) in [6.45, 7) is 3.90. The molecule has 29 heavy (non-hydrogen) atoms. The number of carbonyl (C=O) groups excluding carboxylic acids is 1. The zero-order chi connectivity index (χ0) is 20.1. The Labute approximate surface area is 172 Å². The summed E-state index contributed by atoms with van der Waals surface area (Å²) in [5.41, 5.74) is 0. The van der Waals surface area contributed by atoms with E-state index in [0.29, 0.717) is 17.8 Å². The van der Waals surface area contributed by atoms with E-state index in [0.717, 1.165) is 43.9 Å². The van der Waals surface area contributed by atoms with Crippen LogP contribution in [0.2, 0.25) is 0 Å². The highest BCUT2D eigenvalue weighted by atomic mass is 16.5. The molecule has 2 aliphatic rings. The van der Waals surface area contributed by atoms with Gasteiger partial charge in [-0.25, -0.2) is 9.97 Å². The molecule has 1 saturated heterocycles. The molecule has 6 heteroatoms. The van der Waals surface area contributed by atoms with Crippen molar-refractivity contribution >= 4 is 11.7 Å². The third-order valence-corrected chi connectivity index (χ3v) is 6.22. The van der Waals surface area contributed by atoms with E-state index in [2.05, 4.69) is 27.1 Å². The van der Waals surface area contributed by atoms with Gasteiger partial charge in [0.15, 0.2) is 0 Å². The summed E-state index contributed by atoms with van der Waals surface area (Å²) in [5.74, 6) is 3.07. The molecule has 0 radical (unpaired) electrons. The maximum absolute atomic E-state index is 12.7. The van der Waals surface area contributed by atoms with Gasteiger partial charge in [-0.1, -0.05) is 38.0 Å². The lowest BCUT2D eigenvalue weighted by molar-refractivity contribution is -0.126. The lowest BCUT2D eigenvalue weighted by atomic mass is 9.85. The van der Waals surface area contributed by atoms with E-state index in [-0.39, 0.29) is 11.8 Å².